The van der Waals surface area contributed by atoms with Crippen molar-refractivity contribution >= 4 is 5.91 Å². The van der Waals surface area contributed by atoms with Crippen LogP contribution >= 0.6 is 0 Å². The molecule has 8 heavy (non-hydrogen) atoms. The Labute approximate surface area is 49.5 Å². The first-order valence-corrected chi connectivity index (χ1v) is 2.93. The largest absolute Gasteiger partial charge is 0.333 e. The summed E-state index contributed by atoms with van der Waals surface area (Å²) in [5, 5.41) is 0. The molecule has 2 unspecified atom stereocenters. The molecule has 0 aliphatic carbocycles. The second-order valence-electron chi connectivity index (χ2n) is 2.41. The van der Waals surface area contributed by atoms with Crippen molar-refractivity contribution < 1.29 is 4.79 Å². The molecule has 1 amide bonds. The molecule has 0 saturated carbocycles. The summed E-state index contributed by atoms with van der Waals surface area (Å²) in [6.07, 6.45) is 0. The van der Waals surface area contributed by atoms with Crippen molar-refractivity contribution in [3.63, 3.8) is 0 Å². The SMILES string of the molecule is CC(=O)N1C(C)C1C. The minimum Gasteiger partial charge on any atom is -0.333 e. The Kier molecular flexibility index (Phi) is 1.03. The third-order valence-corrected chi connectivity index (χ3v) is 1.85. The number of rotatable bonds is 0. The average molecular weight is 113 g/mol. The molecule has 1 heterocycles. The Bertz CT molecular complexity index is 114. The Morgan fingerprint density at radius 2 is 1.75 bits per heavy atom. The van der Waals surface area contributed by atoms with Crippen LogP contribution in [0.3, 0.4) is 0 Å². The van der Waals surface area contributed by atoms with Crippen LogP contribution in [0.4, 0.5) is 0 Å². The van der Waals surface area contributed by atoms with Gasteiger partial charge in [-0.1, -0.05) is 0 Å². The molecule has 1 rings (SSSR count). The van der Waals surface area contributed by atoms with Gasteiger partial charge in [0.15, 0.2) is 0 Å². The lowest BCUT2D eigenvalue weighted by molar-refractivity contribution is -0.124. The molecule has 0 radical (unpaired) electrons. The fourth-order valence-electron chi connectivity index (χ4n) is 1.08. The third kappa shape index (κ3) is 0.602. The van der Waals surface area contributed by atoms with Gasteiger partial charge in [-0.05, 0) is 13.8 Å². The summed E-state index contributed by atoms with van der Waals surface area (Å²) < 4.78 is 0. The van der Waals surface area contributed by atoms with Gasteiger partial charge in [0, 0.05) is 19.0 Å². The zero-order valence-electron chi connectivity index (χ0n) is 5.51. The standard InChI is InChI=1S/C6H11NO/c1-4-5(2)7(4)6(3)8/h4-5H,1-3H3. The summed E-state index contributed by atoms with van der Waals surface area (Å²) in [5.74, 6) is 0.199. The highest BCUT2D eigenvalue weighted by atomic mass is 16.2. The van der Waals surface area contributed by atoms with Crippen molar-refractivity contribution in [3.05, 3.63) is 0 Å². The van der Waals surface area contributed by atoms with Crippen LogP contribution in [0.1, 0.15) is 20.8 Å². The first-order chi connectivity index (χ1) is 3.64. The van der Waals surface area contributed by atoms with Gasteiger partial charge in [-0.15, -0.1) is 0 Å². The zero-order valence-corrected chi connectivity index (χ0v) is 5.51. The van der Waals surface area contributed by atoms with E-state index in [9.17, 15) is 4.79 Å². The molecule has 46 valence electrons. The van der Waals surface area contributed by atoms with Crippen LogP contribution < -0.4 is 0 Å². The molecule has 0 aromatic heterocycles. The fourth-order valence-corrected chi connectivity index (χ4v) is 1.08. The first kappa shape index (κ1) is 5.60. The van der Waals surface area contributed by atoms with Crippen LogP contribution in [0.15, 0.2) is 0 Å². The zero-order chi connectivity index (χ0) is 6.31. The van der Waals surface area contributed by atoms with E-state index < -0.39 is 0 Å². The monoisotopic (exact) mass is 113 g/mol. The smallest absolute Gasteiger partial charge is 0.220 e. The van der Waals surface area contributed by atoms with Gasteiger partial charge in [0.25, 0.3) is 0 Å². The molecule has 1 aliphatic rings. The molecule has 2 nitrogen and oxygen atoms in total. The van der Waals surface area contributed by atoms with Gasteiger partial charge in [0.05, 0.1) is 0 Å². The molecule has 0 aromatic rings. The highest BCUT2D eigenvalue weighted by molar-refractivity contribution is 5.76. The fraction of sp³-hybridized carbons (Fsp3) is 0.833. The molecule has 0 N–H and O–H groups in total. The molecule has 0 aromatic carbocycles. The van der Waals surface area contributed by atoms with Gasteiger partial charge < -0.3 is 4.90 Å². The van der Waals surface area contributed by atoms with Crippen molar-refractivity contribution in [3.8, 4) is 0 Å². The topological polar surface area (TPSA) is 20.1 Å². The molecule has 1 fully saturated rings. The Balaban J connectivity index is 2.44. The van der Waals surface area contributed by atoms with Crippen LogP contribution in [0.25, 0.3) is 0 Å². The van der Waals surface area contributed by atoms with Crippen molar-refractivity contribution in [2.45, 2.75) is 32.9 Å². The van der Waals surface area contributed by atoms with E-state index in [1.54, 1.807) is 6.92 Å². The van der Waals surface area contributed by atoms with E-state index in [-0.39, 0.29) is 5.91 Å². The van der Waals surface area contributed by atoms with Crippen LogP contribution in [-0.2, 0) is 4.79 Å². The van der Waals surface area contributed by atoms with Crippen molar-refractivity contribution in [1.29, 1.82) is 0 Å². The number of hydrogen-bond acceptors (Lipinski definition) is 1. The van der Waals surface area contributed by atoms with Gasteiger partial charge >= 0.3 is 0 Å². The lowest BCUT2D eigenvalue weighted by Gasteiger charge is -1.92. The van der Waals surface area contributed by atoms with E-state index >= 15 is 0 Å². The predicted molar refractivity (Wildman–Crippen MR) is 31.4 cm³/mol. The Hall–Kier alpha value is -0.530. The van der Waals surface area contributed by atoms with Crippen molar-refractivity contribution in [1.82, 2.24) is 4.90 Å². The minimum atomic E-state index is 0.199. The number of carbonyl (C=O) groups is 1. The molecule has 2 atom stereocenters. The van der Waals surface area contributed by atoms with E-state index in [1.165, 1.54) is 0 Å². The van der Waals surface area contributed by atoms with E-state index in [1.807, 2.05) is 4.90 Å². The molecule has 1 saturated heterocycles. The summed E-state index contributed by atoms with van der Waals surface area (Å²) >= 11 is 0. The maximum Gasteiger partial charge on any atom is 0.220 e. The second kappa shape index (κ2) is 1.47. The molecular weight excluding hydrogens is 102 g/mol. The van der Waals surface area contributed by atoms with E-state index in [0.717, 1.165) is 0 Å². The van der Waals surface area contributed by atoms with Gasteiger partial charge in [-0.2, -0.15) is 0 Å². The average Bonchev–Trinajstić information content (AvgIpc) is 2.15. The van der Waals surface area contributed by atoms with Gasteiger partial charge in [0.1, 0.15) is 0 Å². The number of nitrogens with zero attached hydrogens (tertiary/aromatic N) is 1. The van der Waals surface area contributed by atoms with Crippen LogP contribution in [0.5, 0.6) is 0 Å². The number of amides is 1. The third-order valence-electron chi connectivity index (χ3n) is 1.85. The second-order valence-corrected chi connectivity index (χ2v) is 2.41. The minimum absolute atomic E-state index is 0.199. The Morgan fingerprint density at radius 1 is 1.38 bits per heavy atom. The summed E-state index contributed by atoms with van der Waals surface area (Å²) in [6, 6.07) is 0.986. The van der Waals surface area contributed by atoms with Gasteiger partial charge in [0.2, 0.25) is 5.91 Å². The highest BCUT2D eigenvalue weighted by Gasteiger charge is 2.41. The summed E-state index contributed by atoms with van der Waals surface area (Å²) in [6.45, 7) is 5.73. The van der Waals surface area contributed by atoms with Crippen LogP contribution in [0.2, 0.25) is 0 Å². The Morgan fingerprint density at radius 3 is 1.75 bits per heavy atom. The summed E-state index contributed by atoms with van der Waals surface area (Å²) in [4.78, 5) is 12.4. The number of hydrogen-bond donors (Lipinski definition) is 0. The van der Waals surface area contributed by atoms with Crippen LogP contribution in [-0.4, -0.2) is 22.9 Å². The normalized spacial score (nSPS) is 35.1. The van der Waals surface area contributed by atoms with E-state index in [0.29, 0.717) is 12.1 Å². The maximum absolute atomic E-state index is 10.6. The molecule has 0 spiro atoms. The lowest BCUT2D eigenvalue weighted by atomic mass is 10.4. The van der Waals surface area contributed by atoms with Gasteiger partial charge in [-0.3, -0.25) is 4.79 Å². The summed E-state index contributed by atoms with van der Waals surface area (Å²) in [5.41, 5.74) is 0. The molecule has 0 bridgehead atoms. The highest BCUT2D eigenvalue weighted by Crippen LogP contribution is 2.26. The van der Waals surface area contributed by atoms with Crippen LogP contribution in [0, 0.1) is 0 Å². The molecule has 1 aliphatic heterocycles. The van der Waals surface area contributed by atoms with Crippen molar-refractivity contribution in [2.75, 3.05) is 0 Å². The lowest BCUT2D eigenvalue weighted by Crippen LogP contribution is -2.07. The quantitative estimate of drug-likeness (QED) is 0.422. The predicted octanol–water partition coefficient (Wildman–Crippen LogP) is 0.626. The maximum atomic E-state index is 10.6. The van der Waals surface area contributed by atoms with E-state index in [4.69, 9.17) is 0 Å². The van der Waals surface area contributed by atoms with Gasteiger partial charge in [-0.25, -0.2) is 0 Å². The molecule has 2 heteroatoms. The van der Waals surface area contributed by atoms with E-state index in [2.05, 4.69) is 13.8 Å². The summed E-state index contributed by atoms with van der Waals surface area (Å²) in [7, 11) is 0. The first-order valence-electron chi connectivity index (χ1n) is 2.93. The molecular formula is C6H11NO. The number of carbonyl (C=O) groups excluding carboxylic acids is 1. The van der Waals surface area contributed by atoms with Crippen molar-refractivity contribution in [2.24, 2.45) is 0 Å².